The molecule has 2 amide bonds. The highest BCUT2D eigenvalue weighted by molar-refractivity contribution is 5.95. The topological polar surface area (TPSA) is 69.6 Å². The Hall–Kier alpha value is -2.04. The van der Waals surface area contributed by atoms with Crippen molar-refractivity contribution in [2.45, 2.75) is 13.0 Å². The molecule has 2 N–H and O–H groups in total. The van der Waals surface area contributed by atoms with E-state index in [-0.39, 0.29) is 24.1 Å². The van der Waals surface area contributed by atoms with Crippen molar-refractivity contribution >= 4 is 11.8 Å². The molecule has 1 aromatic rings. The number of aromatic hydroxyl groups is 1. The summed E-state index contributed by atoms with van der Waals surface area (Å²) >= 11 is 0. The van der Waals surface area contributed by atoms with Gasteiger partial charge in [-0.25, -0.2) is 0 Å². The SMILES string of the molecule is CCN1CC(=O)NC(c2ccc(O)cc2)C1=O. The van der Waals surface area contributed by atoms with Crippen molar-refractivity contribution in [1.29, 1.82) is 0 Å². The normalized spacial score (nSPS) is 20.3. The zero-order valence-electron chi connectivity index (χ0n) is 9.51. The van der Waals surface area contributed by atoms with Crippen LogP contribution in [0.4, 0.5) is 0 Å². The number of benzene rings is 1. The molecule has 0 saturated carbocycles. The summed E-state index contributed by atoms with van der Waals surface area (Å²) in [5.41, 5.74) is 0.680. The molecule has 5 heteroatoms. The summed E-state index contributed by atoms with van der Waals surface area (Å²) in [5.74, 6) is -0.141. The molecule has 1 aromatic carbocycles. The van der Waals surface area contributed by atoms with E-state index in [1.54, 1.807) is 12.1 Å². The number of hydrogen-bond donors (Lipinski definition) is 2. The molecular formula is C12H14N2O3. The molecule has 1 saturated heterocycles. The van der Waals surface area contributed by atoms with Gasteiger partial charge in [0.15, 0.2) is 0 Å². The van der Waals surface area contributed by atoms with Gasteiger partial charge in [0, 0.05) is 6.54 Å². The first-order valence-electron chi connectivity index (χ1n) is 5.49. The number of nitrogens with zero attached hydrogens (tertiary/aromatic N) is 1. The van der Waals surface area contributed by atoms with Crippen molar-refractivity contribution in [3.8, 4) is 5.75 Å². The second kappa shape index (κ2) is 4.45. The summed E-state index contributed by atoms with van der Waals surface area (Å²) in [6.45, 7) is 2.47. The Morgan fingerprint density at radius 1 is 1.35 bits per heavy atom. The number of nitrogens with one attached hydrogen (secondary N) is 1. The minimum absolute atomic E-state index is 0.113. The van der Waals surface area contributed by atoms with Crippen LogP contribution in [0.15, 0.2) is 24.3 Å². The molecule has 1 fully saturated rings. The third-order valence-electron chi connectivity index (χ3n) is 2.81. The highest BCUT2D eigenvalue weighted by Crippen LogP contribution is 2.21. The number of piperazine rings is 1. The van der Waals surface area contributed by atoms with E-state index >= 15 is 0 Å². The molecule has 0 spiro atoms. The van der Waals surface area contributed by atoms with Crippen LogP contribution in [0.5, 0.6) is 5.75 Å². The first-order valence-corrected chi connectivity index (χ1v) is 5.49. The van der Waals surface area contributed by atoms with Crippen LogP contribution in [-0.2, 0) is 9.59 Å². The van der Waals surface area contributed by atoms with Gasteiger partial charge in [-0.15, -0.1) is 0 Å². The van der Waals surface area contributed by atoms with Crippen molar-refractivity contribution in [3.63, 3.8) is 0 Å². The van der Waals surface area contributed by atoms with E-state index in [9.17, 15) is 14.7 Å². The number of likely N-dealkylation sites (N-methyl/N-ethyl adjacent to an activating group) is 1. The van der Waals surface area contributed by atoms with Gasteiger partial charge in [0.2, 0.25) is 11.8 Å². The summed E-state index contributed by atoms with van der Waals surface area (Å²) in [5, 5.41) is 11.8. The van der Waals surface area contributed by atoms with Crippen molar-refractivity contribution in [2.24, 2.45) is 0 Å². The zero-order valence-corrected chi connectivity index (χ0v) is 9.51. The number of amides is 2. The summed E-state index contributed by atoms with van der Waals surface area (Å²) in [6.07, 6.45) is 0. The molecule has 1 unspecified atom stereocenters. The van der Waals surface area contributed by atoms with E-state index < -0.39 is 6.04 Å². The molecule has 2 rings (SSSR count). The monoisotopic (exact) mass is 234 g/mol. The van der Waals surface area contributed by atoms with Crippen LogP contribution in [0.25, 0.3) is 0 Å². The van der Waals surface area contributed by atoms with Crippen LogP contribution >= 0.6 is 0 Å². The predicted octanol–water partition coefficient (Wildman–Crippen LogP) is 0.412. The van der Waals surface area contributed by atoms with Gasteiger partial charge in [0.25, 0.3) is 0 Å². The van der Waals surface area contributed by atoms with Crippen molar-refractivity contribution in [2.75, 3.05) is 13.1 Å². The second-order valence-corrected chi connectivity index (χ2v) is 3.94. The average Bonchev–Trinajstić information content (AvgIpc) is 2.33. The van der Waals surface area contributed by atoms with E-state index in [2.05, 4.69) is 5.32 Å². The highest BCUT2D eigenvalue weighted by Gasteiger charge is 2.32. The Morgan fingerprint density at radius 3 is 2.59 bits per heavy atom. The zero-order chi connectivity index (χ0) is 12.4. The fourth-order valence-electron chi connectivity index (χ4n) is 1.86. The fraction of sp³-hybridized carbons (Fsp3) is 0.333. The number of hydrogen-bond acceptors (Lipinski definition) is 3. The van der Waals surface area contributed by atoms with Crippen molar-refractivity contribution in [1.82, 2.24) is 10.2 Å². The van der Waals surface area contributed by atoms with Crippen LogP contribution in [0, 0.1) is 0 Å². The van der Waals surface area contributed by atoms with Gasteiger partial charge >= 0.3 is 0 Å². The van der Waals surface area contributed by atoms with Crippen molar-refractivity contribution < 1.29 is 14.7 Å². The fourth-order valence-corrected chi connectivity index (χ4v) is 1.86. The Kier molecular flexibility index (Phi) is 2.99. The van der Waals surface area contributed by atoms with Gasteiger partial charge in [0.1, 0.15) is 11.8 Å². The lowest BCUT2D eigenvalue weighted by molar-refractivity contribution is -0.144. The molecule has 17 heavy (non-hydrogen) atoms. The molecule has 0 bridgehead atoms. The number of phenolic OH excluding ortho intramolecular Hbond substituents is 1. The Morgan fingerprint density at radius 2 is 2.00 bits per heavy atom. The Balaban J connectivity index is 2.27. The van der Waals surface area contributed by atoms with Crippen LogP contribution < -0.4 is 5.32 Å². The standard InChI is InChI=1S/C12H14N2O3/c1-2-14-7-10(16)13-11(12(14)17)8-3-5-9(15)6-4-8/h3-6,11,15H,2,7H2,1H3,(H,13,16). The lowest BCUT2D eigenvalue weighted by Gasteiger charge is -2.31. The maximum absolute atomic E-state index is 12.0. The van der Waals surface area contributed by atoms with Crippen LogP contribution in [0.3, 0.4) is 0 Å². The molecule has 0 aromatic heterocycles. The van der Waals surface area contributed by atoms with Gasteiger partial charge < -0.3 is 15.3 Å². The molecule has 0 aliphatic carbocycles. The quantitative estimate of drug-likeness (QED) is 0.778. The molecule has 1 atom stereocenters. The number of carbonyl (C=O) groups is 2. The van der Waals surface area contributed by atoms with E-state index in [1.165, 1.54) is 17.0 Å². The molecule has 5 nitrogen and oxygen atoms in total. The van der Waals surface area contributed by atoms with Gasteiger partial charge in [-0.2, -0.15) is 0 Å². The molecule has 1 heterocycles. The number of phenols is 1. The van der Waals surface area contributed by atoms with E-state index in [0.717, 1.165) is 0 Å². The highest BCUT2D eigenvalue weighted by atomic mass is 16.3. The van der Waals surface area contributed by atoms with E-state index in [0.29, 0.717) is 12.1 Å². The van der Waals surface area contributed by atoms with Crippen LogP contribution in [0.2, 0.25) is 0 Å². The summed E-state index contributed by atoms with van der Waals surface area (Å²) in [7, 11) is 0. The largest absolute Gasteiger partial charge is 0.508 e. The van der Waals surface area contributed by atoms with Crippen molar-refractivity contribution in [3.05, 3.63) is 29.8 Å². The predicted molar refractivity (Wildman–Crippen MR) is 61.2 cm³/mol. The Bertz CT molecular complexity index is 442. The smallest absolute Gasteiger partial charge is 0.250 e. The van der Waals surface area contributed by atoms with Gasteiger partial charge in [-0.3, -0.25) is 9.59 Å². The Labute approximate surface area is 99.0 Å². The van der Waals surface area contributed by atoms with E-state index in [4.69, 9.17) is 0 Å². The molecule has 1 aliphatic rings. The van der Waals surface area contributed by atoms with Gasteiger partial charge in [0.05, 0.1) is 6.54 Å². The summed E-state index contributed by atoms with van der Waals surface area (Å²) in [4.78, 5) is 25.0. The maximum Gasteiger partial charge on any atom is 0.250 e. The van der Waals surface area contributed by atoms with E-state index in [1.807, 2.05) is 6.92 Å². The molecule has 0 radical (unpaired) electrons. The van der Waals surface area contributed by atoms with Crippen LogP contribution in [0.1, 0.15) is 18.5 Å². The second-order valence-electron chi connectivity index (χ2n) is 3.94. The lowest BCUT2D eigenvalue weighted by Crippen LogP contribution is -2.53. The molecular weight excluding hydrogens is 220 g/mol. The first-order chi connectivity index (χ1) is 8.11. The molecule has 1 aliphatic heterocycles. The number of carbonyl (C=O) groups excluding carboxylic acids is 2. The maximum atomic E-state index is 12.0. The summed E-state index contributed by atoms with van der Waals surface area (Å²) < 4.78 is 0. The third kappa shape index (κ3) is 2.22. The summed E-state index contributed by atoms with van der Waals surface area (Å²) in [6, 6.07) is 5.63. The van der Waals surface area contributed by atoms with Crippen LogP contribution in [-0.4, -0.2) is 34.9 Å². The average molecular weight is 234 g/mol. The minimum Gasteiger partial charge on any atom is -0.508 e. The third-order valence-corrected chi connectivity index (χ3v) is 2.81. The molecule has 90 valence electrons. The number of rotatable bonds is 2. The van der Waals surface area contributed by atoms with Gasteiger partial charge in [-0.05, 0) is 24.6 Å². The first kappa shape index (κ1) is 11.4. The minimum atomic E-state index is -0.642. The lowest BCUT2D eigenvalue weighted by atomic mass is 10.0. The van der Waals surface area contributed by atoms with Gasteiger partial charge in [-0.1, -0.05) is 12.1 Å².